The summed E-state index contributed by atoms with van der Waals surface area (Å²) in [5.41, 5.74) is 0. The monoisotopic (exact) mass is 545 g/mol. The zero-order valence-corrected chi connectivity index (χ0v) is 14.9. The van der Waals surface area contributed by atoms with E-state index in [1.165, 1.54) is 0 Å². The first-order valence-corrected chi connectivity index (χ1v) is 8.35. The Morgan fingerprint density at radius 1 is 0.594 bits per heavy atom. The van der Waals surface area contributed by atoms with Gasteiger partial charge in [-0.05, 0) is 0 Å². The van der Waals surface area contributed by atoms with Crippen LogP contribution in [0.1, 0.15) is 6.42 Å². The fourth-order valence-electron chi connectivity index (χ4n) is 1.64. The van der Waals surface area contributed by atoms with Crippen LogP contribution < -0.4 is 4.89 Å². The van der Waals surface area contributed by atoms with Gasteiger partial charge in [-0.3, -0.25) is 4.57 Å². The largest absolute Gasteiger partial charge is 0.756 e. The SMILES string of the molecule is O=P([O-])(O)O[13CH2][13CH2]C(F)(F)C(F)(F)C(F)(F)C(F)(F)C(F)(F)C(F)(F)C(F)(F)C(F)(F)F. The smallest absolute Gasteiger partial charge is 0.460 e. The molecule has 32 heavy (non-hydrogen) atoms. The molecule has 0 aliphatic heterocycles. The van der Waals surface area contributed by atoms with Gasteiger partial charge in [0, 0.05) is 6.42 Å². The van der Waals surface area contributed by atoms with E-state index in [0.29, 0.717) is 0 Å². The van der Waals surface area contributed by atoms with Crippen molar-refractivity contribution in [2.75, 3.05) is 6.61 Å². The lowest BCUT2D eigenvalue weighted by atomic mass is 9.90. The van der Waals surface area contributed by atoms with Crippen molar-refractivity contribution < 1.29 is 93.5 Å². The first-order valence-electron chi connectivity index (χ1n) is 6.85. The molecule has 194 valence electrons. The highest BCUT2D eigenvalue weighted by atomic mass is 31.2. The highest BCUT2D eigenvalue weighted by Gasteiger charge is 2.95. The molecular formula is C10H5F17O4P-. The van der Waals surface area contributed by atoms with Crippen molar-refractivity contribution in [3.8, 4) is 0 Å². The van der Waals surface area contributed by atoms with Gasteiger partial charge in [0.05, 0.1) is 6.61 Å². The molecule has 4 nitrogen and oxygen atoms in total. The van der Waals surface area contributed by atoms with Crippen LogP contribution in [0.3, 0.4) is 0 Å². The number of phosphoric acid groups is 1. The number of alkyl halides is 17. The molecule has 1 N–H and O–H groups in total. The van der Waals surface area contributed by atoms with Crippen LogP contribution in [0, 0.1) is 0 Å². The molecule has 0 spiro atoms. The van der Waals surface area contributed by atoms with Gasteiger partial charge in [-0.25, -0.2) is 0 Å². The van der Waals surface area contributed by atoms with Crippen LogP contribution in [0.5, 0.6) is 0 Å². The Labute approximate surface area is 163 Å². The van der Waals surface area contributed by atoms with Crippen LogP contribution in [-0.4, -0.2) is 59.1 Å². The summed E-state index contributed by atoms with van der Waals surface area (Å²) >= 11 is 0. The lowest BCUT2D eigenvalue weighted by molar-refractivity contribution is -0.461. The lowest BCUT2D eigenvalue weighted by Crippen LogP contribution is -2.74. The molecule has 0 fully saturated rings. The van der Waals surface area contributed by atoms with Gasteiger partial charge in [-0.2, -0.15) is 74.6 Å². The zero-order valence-electron chi connectivity index (χ0n) is 14.0. The summed E-state index contributed by atoms with van der Waals surface area (Å²) in [7, 11) is -6.03. The van der Waals surface area contributed by atoms with Crippen LogP contribution in [0.25, 0.3) is 0 Å². The number of hydrogen-bond donors (Lipinski definition) is 1. The fraction of sp³-hybridized carbons (Fsp3) is 1.00. The quantitative estimate of drug-likeness (QED) is 0.242. The summed E-state index contributed by atoms with van der Waals surface area (Å²) in [5, 5.41) is 0. The Balaban J connectivity index is 6.44. The van der Waals surface area contributed by atoms with Gasteiger partial charge in [0.2, 0.25) is 0 Å². The molecule has 0 aromatic rings. The Morgan fingerprint density at radius 3 is 1.16 bits per heavy atom. The van der Waals surface area contributed by atoms with E-state index in [-0.39, 0.29) is 0 Å². The summed E-state index contributed by atoms with van der Waals surface area (Å²) in [6.07, 6.45) is -11.0. The second-order valence-electron chi connectivity index (χ2n) is 5.70. The van der Waals surface area contributed by atoms with Gasteiger partial charge in [0.25, 0.3) is 7.82 Å². The molecule has 0 heterocycles. The topological polar surface area (TPSA) is 69.6 Å². The molecule has 0 aromatic heterocycles. The Hall–Kier alpha value is -1.08. The van der Waals surface area contributed by atoms with E-state index < -0.39 is 68.5 Å². The second-order valence-corrected chi connectivity index (χ2v) is 6.90. The van der Waals surface area contributed by atoms with Crippen molar-refractivity contribution in [3.63, 3.8) is 0 Å². The molecule has 22 heteroatoms. The zero-order chi connectivity index (χ0) is 26.6. The van der Waals surface area contributed by atoms with Crippen molar-refractivity contribution in [1.82, 2.24) is 0 Å². The predicted octanol–water partition coefficient (Wildman–Crippen LogP) is 4.86. The molecule has 0 radical (unpaired) electrons. The van der Waals surface area contributed by atoms with Gasteiger partial charge in [-0.15, -0.1) is 0 Å². The minimum absolute atomic E-state index is 2.43. The molecule has 0 rings (SSSR count). The van der Waals surface area contributed by atoms with Crippen molar-refractivity contribution in [2.24, 2.45) is 0 Å². The number of phosphoric ester groups is 1. The molecule has 0 amide bonds. The van der Waals surface area contributed by atoms with Gasteiger partial charge in [0.15, 0.2) is 0 Å². The summed E-state index contributed by atoms with van der Waals surface area (Å²) in [6.45, 7) is -2.43. The Morgan fingerprint density at radius 2 is 0.875 bits per heavy atom. The molecule has 0 aromatic carbocycles. The van der Waals surface area contributed by atoms with E-state index in [9.17, 15) is 84.1 Å². The average Bonchev–Trinajstić information content (AvgIpc) is 2.50. The molecule has 1 unspecified atom stereocenters. The molecule has 0 bridgehead atoms. The number of hydrogen-bond acceptors (Lipinski definition) is 3. The van der Waals surface area contributed by atoms with Crippen molar-refractivity contribution in [1.29, 1.82) is 0 Å². The standard InChI is InChI=1S/C10H6F17O4P/c11-3(12,1-2-31-32(28,29)30)4(13,14)5(15,16)6(17,18)7(19,20)8(21,22)9(23,24)10(25,26)27/h1-2H2,(H2,28,29,30)/p-1/i1+1,2+1. The minimum atomic E-state index is -8.74. The van der Waals surface area contributed by atoms with Crippen LogP contribution in [0.2, 0.25) is 0 Å². The van der Waals surface area contributed by atoms with E-state index in [2.05, 4.69) is 4.52 Å². The maximum atomic E-state index is 13.3. The van der Waals surface area contributed by atoms with Crippen LogP contribution >= 0.6 is 7.82 Å². The Bertz CT molecular complexity index is 723. The van der Waals surface area contributed by atoms with Crippen molar-refractivity contribution >= 4 is 7.82 Å². The first kappa shape index (κ1) is 30.9. The van der Waals surface area contributed by atoms with Crippen LogP contribution in [0.4, 0.5) is 74.6 Å². The highest BCUT2D eigenvalue weighted by Crippen LogP contribution is 2.64. The van der Waals surface area contributed by atoms with Crippen molar-refractivity contribution in [3.05, 3.63) is 0 Å². The normalized spacial score (nSPS) is 18.0. The fourth-order valence-corrected chi connectivity index (χ4v) is 1.96. The van der Waals surface area contributed by atoms with Gasteiger partial charge in [-0.1, -0.05) is 0 Å². The predicted molar refractivity (Wildman–Crippen MR) is 61.1 cm³/mol. The van der Waals surface area contributed by atoms with Gasteiger partial charge >= 0.3 is 47.6 Å². The van der Waals surface area contributed by atoms with E-state index >= 15 is 0 Å². The third kappa shape index (κ3) is 4.61. The third-order valence-corrected chi connectivity index (χ3v) is 3.97. The molecule has 1 atom stereocenters. The van der Waals surface area contributed by atoms with Crippen molar-refractivity contribution in [2.45, 2.75) is 54.1 Å². The molecule has 0 aliphatic carbocycles. The third-order valence-electron chi connectivity index (χ3n) is 3.46. The van der Waals surface area contributed by atoms with E-state index in [1.54, 1.807) is 0 Å². The summed E-state index contributed by atoms with van der Waals surface area (Å²) in [6, 6.07) is 0. The summed E-state index contributed by atoms with van der Waals surface area (Å²) in [4.78, 5) is 18.0. The minimum Gasteiger partial charge on any atom is -0.756 e. The van der Waals surface area contributed by atoms with E-state index in [1.807, 2.05) is 0 Å². The number of rotatable bonds is 10. The number of halogens is 17. The molecule has 0 aliphatic rings. The summed E-state index contributed by atoms with van der Waals surface area (Å²) in [5.74, 6) is -57.5. The molecular weight excluding hydrogens is 540 g/mol. The Kier molecular flexibility index (Phi) is 7.73. The lowest BCUT2D eigenvalue weighted by Gasteiger charge is -2.42. The van der Waals surface area contributed by atoms with E-state index in [0.717, 1.165) is 0 Å². The maximum absolute atomic E-state index is 13.3. The van der Waals surface area contributed by atoms with Gasteiger partial charge < -0.3 is 14.3 Å². The van der Waals surface area contributed by atoms with E-state index in [4.69, 9.17) is 4.89 Å². The summed E-state index contributed by atoms with van der Waals surface area (Å²) < 4.78 is 232. The first-order chi connectivity index (χ1) is 13.5. The second kappa shape index (κ2) is 8.00. The maximum Gasteiger partial charge on any atom is 0.460 e. The van der Waals surface area contributed by atoms with Gasteiger partial charge in [0.1, 0.15) is 0 Å². The van der Waals surface area contributed by atoms with Crippen LogP contribution in [-0.2, 0) is 9.09 Å². The molecule has 0 saturated carbocycles. The van der Waals surface area contributed by atoms with Crippen LogP contribution in [0.15, 0.2) is 0 Å². The average molecular weight is 545 g/mol. The highest BCUT2D eigenvalue weighted by molar-refractivity contribution is 7.44. The molecule has 0 saturated heterocycles.